The number of anilines is 1. The van der Waals surface area contributed by atoms with Crippen LogP contribution in [0.4, 0.5) is 5.69 Å². The van der Waals surface area contributed by atoms with E-state index in [9.17, 15) is 9.59 Å². The van der Waals surface area contributed by atoms with Crippen molar-refractivity contribution in [2.24, 2.45) is 0 Å². The number of furan rings is 1. The fourth-order valence-corrected chi connectivity index (χ4v) is 2.95. The van der Waals surface area contributed by atoms with Crippen LogP contribution in [0.2, 0.25) is 0 Å². The lowest BCUT2D eigenvalue weighted by Crippen LogP contribution is -2.30. The molecule has 3 aromatic rings. The van der Waals surface area contributed by atoms with Gasteiger partial charge in [-0.25, -0.2) is 4.79 Å². The van der Waals surface area contributed by atoms with E-state index in [1.54, 1.807) is 50.4 Å². The van der Waals surface area contributed by atoms with Gasteiger partial charge in [0.1, 0.15) is 11.3 Å². The Hall–Kier alpha value is -3.68. The first kappa shape index (κ1) is 21.0. The maximum absolute atomic E-state index is 12.6. The van der Waals surface area contributed by atoms with Crippen LogP contribution in [0.5, 0.6) is 17.2 Å². The molecule has 0 aliphatic rings. The molecule has 1 unspecified atom stereocenters. The minimum Gasteiger partial charge on any atom is -0.497 e. The van der Waals surface area contributed by atoms with Gasteiger partial charge in [-0.05, 0) is 44.2 Å². The van der Waals surface area contributed by atoms with Gasteiger partial charge in [0.05, 0.1) is 21.3 Å². The van der Waals surface area contributed by atoms with Gasteiger partial charge in [0.15, 0.2) is 17.6 Å². The number of esters is 1. The van der Waals surface area contributed by atoms with E-state index in [0.29, 0.717) is 34.1 Å². The maximum atomic E-state index is 12.6. The quantitative estimate of drug-likeness (QED) is 0.586. The largest absolute Gasteiger partial charge is 0.497 e. The van der Waals surface area contributed by atoms with E-state index in [4.69, 9.17) is 23.4 Å². The number of carbonyl (C=O) groups is 2. The van der Waals surface area contributed by atoms with Crippen LogP contribution < -0.4 is 19.5 Å². The summed E-state index contributed by atoms with van der Waals surface area (Å²) < 4.78 is 26.5. The predicted molar refractivity (Wildman–Crippen MR) is 111 cm³/mol. The second-order valence-corrected chi connectivity index (χ2v) is 6.52. The van der Waals surface area contributed by atoms with E-state index in [0.717, 1.165) is 5.39 Å². The molecule has 0 bridgehead atoms. The molecule has 8 nitrogen and oxygen atoms in total. The molecule has 1 N–H and O–H groups in total. The number of rotatable bonds is 7. The van der Waals surface area contributed by atoms with Gasteiger partial charge in [-0.15, -0.1) is 0 Å². The van der Waals surface area contributed by atoms with Crippen molar-refractivity contribution in [2.75, 3.05) is 26.6 Å². The number of aryl methyl sites for hydroxylation is 1. The molecule has 3 rings (SSSR count). The molecule has 1 atom stereocenters. The van der Waals surface area contributed by atoms with Gasteiger partial charge in [-0.1, -0.05) is 0 Å². The van der Waals surface area contributed by atoms with Crippen molar-refractivity contribution in [3.8, 4) is 17.2 Å². The van der Waals surface area contributed by atoms with Gasteiger partial charge >= 0.3 is 5.97 Å². The van der Waals surface area contributed by atoms with Gasteiger partial charge in [-0.3, -0.25) is 4.79 Å². The predicted octanol–water partition coefficient (Wildman–Crippen LogP) is 3.95. The van der Waals surface area contributed by atoms with Gasteiger partial charge in [0, 0.05) is 22.7 Å². The normalized spacial score (nSPS) is 11.6. The average molecular weight is 413 g/mol. The van der Waals surface area contributed by atoms with Crippen LogP contribution >= 0.6 is 0 Å². The Morgan fingerprint density at radius 3 is 2.37 bits per heavy atom. The summed E-state index contributed by atoms with van der Waals surface area (Å²) in [6.07, 6.45) is -1.05. The van der Waals surface area contributed by atoms with E-state index in [1.807, 2.05) is 0 Å². The number of hydrogen-bond acceptors (Lipinski definition) is 7. The van der Waals surface area contributed by atoms with Crippen molar-refractivity contribution >= 4 is 28.5 Å². The van der Waals surface area contributed by atoms with Crippen LogP contribution in [-0.2, 0) is 9.53 Å². The summed E-state index contributed by atoms with van der Waals surface area (Å²) >= 11 is 0. The van der Waals surface area contributed by atoms with E-state index >= 15 is 0 Å². The molecule has 0 radical (unpaired) electrons. The van der Waals surface area contributed by atoms with E-state index in [-0.39, 0.29) is 5.76 Å². The van der Waals surface area contributed by atoms with Crippen LogP contribution in [0.3, 0.4) is 0 Å². The number of hydrogen-bond donors (Lipinski definition) is 1. The van der Waals surface area contributed by atoms with Crippen LogP contribution in [0, 0.1) is 6.92 Å². The average Bonchev–Trinajstić information content (AvgIpc) is 3.09. The molecule has 30 heavy (non-hydrogen) atoms. The first-order valence-electron chi connectivity index (χ1n) is 9.19. The maximum Gasteiger partial charge on any atom is 0.375 e. The van der Waals surface area contributed by atoms with Crippen molar-refractivity contribution in [3.63, 3.8) is 0 Å². The summed E-state index contributed by atoms with van der Waals surface area (Å²) in [4.78, 5) is 25.0. The Balaban J connectivity index is 1.71. The molecular formula is C22H23NO7. The van der Waals surface area contributed by atoms with Crippen molar-refractivity contribution in [2.45, 2.75) is 20.0 Å². The number of fused-ring (bicyclic) bond motifs is 1. The zero-order chi connectivity index (χ0) is 21.8. The minimum absolute atomic E-state index is 0.0454. The molecule has 0 aliphatic heterocycles. The van der Waals surface area contributed by atoms with E-state index < -0.39 is 18.0 Å². The molecule has 0 fully saturated rings. The zero-order valence-corrected chi connectivity index (χ0v) is 17.4. The highest BCUT2D eigenvalue weighted by molar-refractivity contribution is 5.99. The number of methoxy groups -OCH3 is 3. The molecule has 0 aliphatic carbocycles. The summed E-state index contributed by atoms with van der Waals surface area (Å²) in [5.41, 5.74) is 1.62. The number of benzene rings is 2. The van der Waals surface area contributed by atoms with E-state index in [2.05, 4.69) is 5.32 Å². The lowest BCUT2D eigenvalue weighted by atomic mass is 10.1. The molecule has 0 saturated carbocycles. The van der Waals surface area contributed by atoms with Crippen molar-refractivity contribution in [1.82, 2.24) is 0 Å². The monoisotopic (exact) mass is 413 g/mol. The number of ether oxygens (including phenoxy) is 4. The van der Waals surface area contributed by atoms with Gasteiger partial charge in [0.25, 0.3) is 5.91 Å². The van der Waals surface area contributed by atoms with Crippen LogP contribution in [0.25, 0.3) is 11.0 Å². The third-order valence-corrected chi connectivity index (χ3v) is 4.63. The Bertz CT molecular complexity index is 1090. The Morgan fingerprint density at radius 1 is 0.967 bits per heavy atom. The van der Waals surface area contributed by atoms with Crippen molar-refractivity contribution < 1.29 is 33.0 Å². The summed E-state index contributed by atoms with van der Waals surface area (Å²) in [5, 5.41) is 3.42. The van der Waals surface area contributed by atoms with Crippen molar-refractivity contribution in [3.05, 3.63) is 47.7 Å². The van der Waals surface area contributed by atoms with Gasteiger partial charge in [0.2, 0.25) is 5.76 Å². The minimum atomic E-state index is -1.05. The highest BCUT2D eigenvalue weighted by atomic mass is 16.6. The second kappa shape index (κ2) is 8.77. The van der Waals surface area contributed by atoms with Crippen LogP contribution in [-0.4, -0.2) is 39.3 Å². The summed E-state index contributed by atoms with van der Waals surface area (Å²) in [6.45, 7) is 3.23. The van der Waals surface area contributed by atoms with Crippen LogP contribution in [0.1, 0.15) is 23.0 Å². The molecule has 0 spiro atoms. The topological polar surface area (TPSA) is 96.2 Å². The van der Waals surface area contributed by atoms with Gasteiger partial charge in [-0.2, -0.15) is 0 Å². The van der Waals surface area contributed by atoms with Crippen LogP contribution in [0.15, 0.2) is 40.8 Å². The Morgan fingerprint density at radius 2 is 1.70 bits per heavy atom. The van der Waals surface area contributed by atoms with Crippen molar-refractivity contribution in [1.29, 1.82) is 0 Å². The zero-order valence-electron chi connectivity index (χ0n) is 17.4. The highest BCUT2D eigenvalue weighted by Gasteiger charge is 2.24. The fraction of sp³-hybridized carbons (Fsp3) is 0.273. The Labute approximate surface area is 173 Å². The first-order valence-corrected chi connectivity index (χ1v) is 9.19. The third kappa shape index (κ3) is 4.17. The summed E-state index contributed by atoms with van der Waals surface area (Å²) in [5.74, 6) is 0.474. The first-order chi connectivity index (χ1) is 14.4. The summed E-state index contributed by atoms with van der Waals surface area (Å²) in [6, 6.07) is 10.2. The second-order valence-electron chi connectivity index (χ2n) is 6.52. The molecule has 1 aromatic heterocycles. The molecule has 0 saturated heterocycles. The number of amides is 1. The lowest BCUT2D eigenvalue weighted by Gasteiger charge is -2.14. The van der Waals surface area contributed by atoms with E-state index in [1.165, 1.54) is 21.1 Å². The SMILES string of the molecule is COc1ccc2oc(C(=O)OC(C)C(=O)Nc3ccc(OC)c(OC)c3)c(C)c2c1. The fourth-order valence-electron chi connectivity index (χ4n) is 2.95. The highest BCUT2D eigenvalue weighted by Crippen LogP contribution is 2.31. The molecular weight excluding hydrogens is 390 g/mol. The number of carbonyl (C=O) groups excluding carboxylic acids is 2. The standard InChI is InChI=1S/C22H23NO7/c1-12-16-11-15(26-3)7-9-17(16)30-20(12)22(25)29-13(2)21(24)23-14-6-8-18(27-4)19(10-14)28-5/h6-11,13H,1-5H3,(H,23,24). The molecule has 1 amide bonds. The molecule has 8 heteroatoms. The molecule has 158 valence electrons. The molecule has 1 heterocycles. The smallest absolute Gasteiger partial charge is 0.375 e. The third-order valence-electron chi connectivity index (χ3n) is 4.63. The van der Waals surface area contributed by atoms with Gasteiger partial charge < -0.3 is 28.7 Å². The lowest BCUT2D eigenvalue weighted by molar-refractivity contribution is -0.123. The molecule has 2 aromatic carbocycles. The Kier molecular flexibility index (Phi) is 6.15. The summed E-state index contributed by atoms with van der Waals surface area (Å²) in [7, 11) is 4.58. The number of nitrogens with one attached hydrogen (secondary N) is 1.